The normalized spacial score (nSPS) is 12.8. The molecule has 1 aromatic carbocycles. The molecule has 4 aromatic rings. The van der Waals surface area contributed by atoms with Crippen molar-refractivity contribution >= 4 is 11.5 Å². The van der Waals surface area contributed by atoms with E-state index in [4.69, 9.17) is 4.74 Å². The molecular formula is C22H19F2N7O. The second-order valence-electron chi connectivity index (χ2n) is 7.04. The Morgan fingerprint density at radius 1 is 1.25 bits per heavy atom. The minimum Gasteiger partial charge on any atom is -0.445 e. The highest BCUT2D eigenvalue weighted by Gasteiger charge is 2.18. The standard InChI is InChI=1S/C22H19F2N7O/c1-3-15(11-25)32-22-29-19(17-12-27-31-8-4-7-26-21(17)31)10-20(30-22)28-13(2)16-6-5-14(23)9-18(16)24/h4-10,12-13,15H,3H2,1-2H3,(H,28,29,30)/t13-,15?/m0/s1. The smallest absolute Gasteiger partial charge is 0.320 e. The number of nitrogens with zero attached hydrogens (tertiary/aromatic N) is 6. The summed E-state index contributed by atoms with van der Waals surface area (Å²) in [4.78, 5) is 13.1. The van der Waals surface area contributed by atoms with E-state index in [-0.39, 0.29) is 11.6 Å². The quantitative estimate of drug-likeness (QED) is 0.461. The zero-order chi connectivity index (χ0) is 22.7. The predicted octanol–water partition coefficient (Wildman–Crippen LogP) is 4.32. The molecule has 3 heterocycles. The number of fused-ring (bicyclic) bond motifs is 1. The van der Waals surface area contributed by atoms with Gasteiger partial charge in [-0.15, -0.1) is 0 Å². The molecule has 162 valence electrons. The Labute approximate surface area is 182 Å². The second kappa shape index (κ2) is 8.93. The Morgan fingerprint density at radius 3 is 2.84 bits per heavy atom. The molecule has 1 N–H and O–H groups in total. The van der Waals surface area contributed by atoms with Crippen LogP contribution in [0, 0.1) is 23.0 Å². The van der Waals surface area contributed by atoms with Crippen LogP contribution in [0.15, 0.2) is 48.9 Å². The predicted molar refractivity (Wildman–Crippen MR) is 113 cm³/mol. The van der Waals surface area contributed by atoms with E-state index in [1.54, 1.807) is 42.2 Å². The van der Waals surface area contributed by atoms with E-state index < -0.39 is 23.8 Å². The molecule has 1 unspecified atom stereocenters. The first-order chi connectivity index (χ1) is 15.5. The minimum absolute atomic E-state index is 0.0135. The van der Waals surface area contributed by atoms with Crippen LogP contribution in [0.25, 0.3) is 16.9 Å². The molecule has 4 rings (SSSR count). The van der Waals surface area contributed by atoms with Gasteiger partial charge in [-0.05, 0) is 25.5 Å². The molecular weight excluding hydrogens is 416 g/mol. The molecule has 8 nitrogen and oxygen atoms in total. The first kappa shape index (κ1) is 21.1. The van der Waals surface area contributed by atoms with Crippen molar-refractivity contribution in [2.24, 2.45) is 0 Å². The molecule has 0 aliphatic heterocycles. The second-order valence-corrected chi connectivity index (χ2v) is 7.04. The summed E-state index contributed by atoms with van der Waals surface area (Å²) in [6.45, 7) is 3.53. The van der Waals surface area contributed by atoms with Crippen LogP contribution in [0.5, 0.6) is 6.01 Å². The van der Waals surface area contributed by atoms with Gasteiger partial charge in [0, 0.05) is 30.1 Å². The van der Waals surface area contributed by atoms with Crippen LogP contribution in [-0.4, -0.2) is 30.7 Å². The first-order valence-electron chi connectivity index (χ1n) is 9.94. The van der Waals surface area contributed by atoms with Gasteiger partial charge in [0.1, 0.15) is 23.5 Å². The van der Waals surface area contributed by atoms with Gasteiger partial charge in [-0.25, -0.2) is 18.3 Å². The van der Waals surface area contributed by atoms with Crippen molar-refractivity contribution in [1.82, 2.24) is 24.6 Å². The molecule has 32 heavy (non-hydrogen) atoms. The van der Waals surface area contributed by atoms with Crippen molar-refractivity contribution < 1.29 is 13.5 Å². The van der Waals surface area contributed by atoms with Crippen molar-refractivity contribution in [2.45, 2.75) is 32.4 Å². The zero-order valence-corrected chi connectivity index (χ0v) is 17.3. The zero-order valence-electron chi connectivity index (χ0n) is 17.3. The van der Waals surface area contributed by atoms with E-state index in [1.165, 1.54) is 12.1 Å². The average molecular weight is 435 g/mol. The van der Waals surface area contributed by atoms with Crippen LogP contribution in [0.1, 0.15) is 31.9 Å². The average Bonchev–Trinajstić information content (AvgIpc) is 3.21. The molecule has 0 spiro atoms. The fourth-order valence-corrected chi connectivity index (χ4v) is 3.18. The Kier molecular flexibility index (Phi) is 5.89. The summed E-state index contributed by atoms with van der Waals surface area (Å²) in [7, 11) is 0. The maximum Gasteiger partial charge on any atom is 0.320 e. The molecule has 0 saturated carbocycles. The lowest BCUT2D eigenvalue weighted by Crippen LogP contribution is -2.16. The number of anilines is 1. The van der Waals surface area contributed by atoms with Gasteiger partial charge in [0.25, 0.3) is 0 Å². The highest BCUT2D eigenvalue weighted by molar-refractivity contribution is 5.75. The summed E-state index contributed by atoms with van der Waals surface area (Å²) in [6, 6.07) is 8.31. The molecule has 3 aromatic heterocycles. The van der Waals surface area contributed by atoms with Gasteiger partial charge >= 0.3 is 6.01 Å². The van der Waals surface area contributed by atoms with Crippen molar-refractivity contribution in [2.75, 3.05) is 5.32 Å². The number of nitriles is 1. The van der Waals surface area contributed by atoms with Crippen molar-refractivity contribution in [1.29, 1.82) is 5.26 Å². The fraction of sp³-hybridized carbons (Fsp3) is 0.227. The Hall–Kier alpha value is -4.13. The van der Waals surface area contributed by atoms with E-state index in [0.29, 0.717) is 29.1 Å². The van der Waals surface area contributed by atoms with Crippen molar-refractivity contribution in [3.63, 3.8) is 0 Å². The SMILES string of the molecule is CCC(C#N)Oc1nc(N[C@@H](C)c2ccc(F)cc2F)cc(-c2cnn3cccnc23)n1. The molecule has 10 heteroatoms. The van der Waals surface area contributed by atoms with Gasteiger partial charge in [-0.3, -0.25) is 0 Å². The Balaban J connectivity index is 1.74. The van der Waals surface area contributed by atoms with Crippen LogP contribution < -0.4 is 10.1 Å². The fourth-order valence-electron chi connectivity index (χ4n) is 3.18. The lowest BCUT2D eigenvalue weighted by Gasteiger charge is -2.17. The third kappa shape index (κ3) is 4.32. The van der Waals surface area contributed by atoms with Crippen LogP contribution in [0.2, 0.25) is 0 Å². The molecule has 0 amide bonds. The van der Waals surface area contributed by atoms with Crippen molar-refractivity contribution in [3.05, 3.63) is 66.1 Å². The number of ether oxygens (including phenoxy) is 1. The summed E-state index contributed by atoms with van der Waals surface area (Å²) in [5.41, 5.74) is 1.94. The molecule has 2 atom stereocenters. The lowest BCUT2D eigenvalue weighted by atomic mass is 10.1. The van der Waals surface area contributed by atoms with Gasteiger partial charge in [-0.2, -0.15) is 20.3 Å². The summed E-state index contributed by atoms with van der Waals surface area (Å²) in [5, 5.41) is 16.6. The van der Waals surface area contributed by atoms with Gasteiger partial charge in [0.05, 0.1) is 23.5 Å². The van der Waals surface area contributed by atoms with Crippen LogP contribution in [-0.2, 0) is 0 Å². The van der Waals surface area contributed by atoms with Crippen molar-refractivity contribution in [3.8, 4) is 23.3 Å². The molecule has 0 bridgehead atoms. The highest BCUT2D eigenvalue weighted by atomic mass is 19.1. The lowest BCUT2D eigenvalue weighted by molar-refractivity contribution is 0.232. The number of hydrogen-bond donors (Lipinski definition) is 1. The highest BCUT2D eigenvalue weighted by Crippen LogP contribution is 2.28. The van der Waals surface area contributed by atoms with E-state index in [1.807, 2.05) is 13.0 Å². The third-order valence-corrected chi connectivity index (χ3v) is 4.82. The summed E-state index contributed by atoms with van der Waals surface area (Å²) >= 11 is 0. The van der Waals surface area contributed by atoms with Gasteiger partial charge in [0.15, 0.2) is 11.8 Å². The Bertz CT molecular complexity index is 1300. The van der Waals surface area contributed by atoms with Crippen LogP contribution in [0.4, 0.5) is 14.6 Å². The number of benzene rings is 1. The maximum absolute atomic E-state index is 14.2. The van der Waals surface area contributed by atoms with E-state index in [2.05, 4.69) is 25.4 Å². The monoisotopic (exact) mass is 435 g/mol. The molecule has 0 aliphatic carbocycles. The topological polar surface area (TPSA) is 101 Å². The largest absolute Gasteiger partial charge is 0.445 e. The van der Waals surface area contributed by atoms with E-state index >= 15 is 0 Å². The third-order valence-electron chi connectivity index (χ3n) is 4.82. The number of rotatable bonds is 7. The number of hydrogen-bond acceptors (Lipinski definition) is 7. The summed E-state index contributed by atoms with van der Waals surface area (Å²) in [6.07, 6.45) is 4.73. The van der Waals surface area contributed by atoms with Gasteiger partial charge < -0.3 is 10.1 Å². The molecule has 0 aliphatic rings. The molecule has 0 saturated heterocycles. The number of nitrogens with one attached hydrogen (secondary N) is 1. The number of halogens is 2. The van der Waals surface area contributed by atoms with E-state index in [9.17, 15) is 14.0 Å². The summed E-state index contributed by atoms with van der Waals surface area (Å²) in [5.74, 6) is -0.983. The van der Waals surface area contributed by atoms with Crippen LogP contribution in [0.3, 0.4) is 0 Å². The molecule has 0 fully saturated rings. The first-order valence-corrected chi connectivity index (χ1v) is 9.94. The van der Waals surface area contributed by atoms with Gasteiger partial charge in [-0.1, -0.05) is 13.0 Å². The minimum atomic E-state index is -0.730. The van der Waals surface area contributed by atoms with Crippen LogP contribution >= 0.6 is 0 Å². The van der Waals surface area contributed by atoms with E-state index in [0.717, 1.165) is 6.07 Å². The summed E-state index contributed by atoms with van der Waals surface area (Å²) < 4.78 is 34.7. The molecule has 0 radical (unpaired) electrons. The number of aromatic nitrogens is 5. The Morgan fingerprint density at radius 2 is 2.09 bits per heavy atom. The van der Waals surface area contributed by atoms with Gasteiger partial charge in [0.2, 0.25) is 0 Å². The maximum atomic E-state index is 14.2.